The van der Waals surface area contributed by atoms with E-state index in [1.54, 1.807) is 0 Å². The molecule has 2 heteroatoms. The number of aryl methyl sites for hydroxylation is 1. The van der Waals surface area contributed by atoms with Crippen molar-refractivity contribution in [3.05, 3.63) is 76.7 Å². The van der Waals surface area contributed by atoms with Crippen molar-refractivity contribution < 1.29 is 0 Å². The molecule has 0 bridgehead atoms. The molecule has 1 aromatic rings. The van der Waals surface area contributed by atoms with Crippen LogP contribution in [0.4, 0.5) is 0 Å². The van der Waals surface area contributed by atoms with Gasteiger partial charge in [0.25, 0.3) is 0 Å². The molecule has 0 aromatic heterocycles. The maximum absolute atomic E-state index is 3.54. The SMILES string of the molecule is Cc1ccc2c(c1)C=CC1=C3C=CC=CN3NC12. The van der Waals surface area contributed by atoms with E-state index >= 15 is 0 Å². The minimum Gasteiger partial charge on any atom is -0.283 e. The molecular formula is C16H14N2. The fraction of sp³-hybridized carbons (Fsp3) is 0.125. The van der Waals surface area contributed by atoms with Crippen molar-refractivity contribution in [2.24, 2.45) is 0 Å². The zero-order chi connectivity index (χ0) is 12.1. The summed E-state index contributed by atoms with van der Waals surface area (Å²) in [6, 6.07) is 6.95. The topological polar surface area (TPSA) is 15.3 Å². The van der Waals surface area contributed by atoms with Crippen LogP contribution < -0.4 is 5.43 Å². The highest BCUT2D eigenvalue weighted by Crippen LogP contribution is 2.40. The van der Waals surface area contributed by atoms with Gasteiger partial charge in [-0.05, 0) is 30.2 Å². The lowest BCUT2D eigenvalue weighted by Crippen LogP contribution is -2.29. The van der Waals surface area contributed by atoms with Gasteiger partial charge in [0.1, 0.15) is 0 Å². The Labute approximate surface area is 107 Å². The van der Waals surface area contributed by atoms with E-state index < -0.39 is 0 Å². The minimum atomic E-state index is 0.285. The van der Waals surface area contributed by atoms with Gasteiger partial charge in [-0.3, -0.25) is 5.01 Å². The number of fused-ring (bicyclic) bond motifs is 4. The summed E-state index contributed by atoms with van der Waals surface area (Å²) in [4.78, 5) is 0. The van der Waals surface area contributed by atoms with Gasteiger partial charge in [0, 0.05) is 11.8 Å². The molecule has 1 aliphatic carbocycles. The molecule has 88 valence electrons. The second-order valence-corrected chi connectivity index (χ2v) is 4.94. The normalized spacial score (nSPS) is 23.2. The van der Waals surface area contributed by atoms with Gasteiger partial charge in [0.2, 0.25) is 0 Å². The molecule has 1 atom stereocenters. The van der Waals surface area contributed by atoms with Crippen LogP contribution in [0.1, 0.15) is 22.7 Å². The van der Waals surface area contributed by atoms with Gasteiger partial charge in [-0.15, -0.1) is 0 Å². The Morgan fingerprint density at radius 2 is 2.06 bits per heavy atom. The van der Waals surface area contributed by atoms with E-state index in [0.29, 0.717) is 0 Å². The first-order valence-corrected chi connectivity index (χ1v) is 6.26. The highest BCUT2D eigenvalue weighted by molar-refractivity contribution is 5.67. The summed E-state index contributed by atoms with van der Waals surface area (Å²) in [5, 5.41) is 2.11. The standard InChI is InChI=1S/C16H14N2/c1-11-5-7-13-12(10-11)6-8-14-15-4-2-3-9-18(15)17-16(13)14/h2-10,16-17H,1H3. The third kappa shape index (κ3) is 1.27. The van der Waals surface area contributed by atoms with Crippen LogP contribution in [0.2, 0.25) is 0 Å². The van der Waals surface area contributed by atoms with Crippen molar-refractivity contribution in [1.82, 2.24) is 10.4 Å². The Kier molecular flexibility index (Phi) is 1.91. The average molecular weight is 234 g/mol. The number of rotatable bonds is 0. The smallest absolute Gasteiger partial charge is 0.0792 e. The van der Waals surface area contributed by atoms with E-state index in [1.165, 1.54) is 28.0 Å². The molecule has 0 amide bonds. The molecule has 1 N–H and O–H groups in total. The Hall–Kier alpha value is -2.06. The molecule has 0 spiro atoms. The summed E-state index contributed by atoms with van der Waals surface area (Å²) in [6.07, 6.45) is 12.8. The summed E-state index contributed by atoms with van der Waals surface area (Å²) in [5.74, 6) is 0. The monoisotopic (exact) mass is 234 g/mol. The average Bonchev–Trinajstić information content (AvgIpc) is 2.77. The largest absolute Gasteiger partial charge is 0.283 e. The van der Waals surface area contributed by atoms with Crippen LogP contribution >= 0.6 is 0 Å². The number of hydrogen-bond acceptors (Lipinski definition) is 2. The molecule has 2 nitrogen and oxygen atoms in total. The summed E-state index contributed by atoms with van der Waals surface area (Å²) in [5.41, 5.74) is 10.1. The lowest BCUT2D eigenvalue weighted by Gasteiger charge is -2.22. The van der Waals surface area contributed by atoms with Crippen molar-refractivity contribution >= 4 is 6.08 Å². The zero-order valence-corrected chi connectivity index (χ0v) is 10.2. The van der Waals surface area contributed by atoms with Gasteiger partial charge in [-0.25, -0.2) is 5.43 Å². The second-order valence-electron chi connectivity index (χ2n) is 4.94. The van der Waals surface area contributed by atoms with Crippen molar-refractivity contribution in [2.75, 3.05) is 0 Å². The maximum Gasteiger partial charge on any atom is 0.0792 e. The van der Waals surface area contributed by atoms with Gasteiger partial charge < -0.3 is 0 Å². The summed E-state index contributed by atoms with van der Waals surface area (Å²) in [6.45, 7) is 2.14. The van der Waals surface area contributed by atoms with Crippen molar-refractivity contribution in [1.29, 1.82) is 0 Å². The Morgan fingerprint density at radius 1 is 1.11 bits per heavy atom. The van der Waals surface area contributed by atoms with Gasteiger partial charge in [0.05, 0.1) is 11.7 Å². The van der Waals surface area contributed by atoms with Crippen LogP contribution in [0.5, 0.6) is 0 Å². The lowest BCUT2D eigenvalue weighted by molar-refractivity contribution is 0.352. The Morgan fingerprint density at radius 3 is 3.00 bits per heavy atom. The molecule has 1 aromatic carbocycles. The molecule has 18 heavy (non-hydrogen) atoms. The fourth-order valence-corrected chi connectivity index (χ4v) is 2.85. The first-order valence-electron chi connectivity index (χ1n) is 6.26. The quantitative estimate of drug-likeness (QED) is 0.741. The van der Waals surface area contributed by atoms with Crippen LogP contribution in [-0.2, 0) is 0 Å². The van der Waals surface area contributed by atoms with Gasteiger partial charge in [-0.2, -0.15) is 0 Å². The first kappa shape index (κ1) is 9.92. The van der Waals surface area contributed by atoms with Crippen molar-refractivity contribution in [3.63, 3.8) is 0 Å². The number of allylic oxidation sites excluding steroid dienone is 3. The number of nitrogens with one attached hydrogen (secondary N) is 1. The van der Waals surface area contributed by atoms with E-state index in [-0.39, 0.29) is 6.04 Å². The lowest BCUT2D eigenvalue weighted by atomic mass is 9.88. The predicted molar refractivity (Wildman–Crippen MR) is 73.2 cm³/mol. The predicted octanol–water partition coefficient (Wildman–Crippen LogP) is 3.22. The second kappa shape index (κ2) is 3.47. The Balaban J connectivity index is 1.89. The van der Waals surface area contributed by atoms with Crippen LogP contribution in [0.3, 0.4) is 0 Å². The third-order valence-electron chi connectivity index (χ3n) is 3.73. The van der Waals surface area contributed by atoms with Gasteiger partial charge >= 0.3 is 0 Å². The highest BCUT2D eigenvalue weighted by Gasteiger charge is 2.32. The molecule has 0 saturated carbocycles. The molecule has 1 unspecified atom stereocenters. The highest BCUT2D eigenvalue weighted by atomic mass is 15.5. The van der Waals surface area contributed by atoms with Crippen LogP contribution in [0, 0.1) is 6.92 Å². The van der Waals surface area contributed by atoms with E-state index in [0.717, 1.165) is 0 Å². The summed E-state index contributed by atoms with van der Waals surface area (Å²) < 4.78 is 0. The van der Waals surface area contributed by atoms with Crippen LogP contribution in [0.15, 0.2) is 60.0 Å². The van der Waals surface area contributed by atoms with E-state index in [4.69, 9.17) is 0 Å². The molecule has 2 aliphatic heterocycles. The molecule has 0 fully saturated rings. The van der Waals surface area contributed by atoms with Gasteiger partial charge in [-0.1, -0.05) is 42.0 Å². The Bertz CT molecular complexity index is 647. The minimum absolute atomic E-state index is 0.285. The summed E-state index contributed by atoms with van der Waals surface area (Å²) >= 11 is 0. The number of hydrazine groups is 1. The molecule has 3 aliphatic rings. The number of hydrogen-bond donors (Lipinski definition) is 1. The van der Waals surface area contributed by atoms with Gasteiger partial charge in [0.15, 0.2) is 0 Å². The fourth-order valence-electron chi connectivity index (χ4n) is 2.85. The number of benzene rings is 1. The summed E-state index contributed by atoms with van der Waals surface area (Å²) in [7, 11) is 0. The zero-order valence-electron chi connectivity index (χ0n) is 10.2. The first-order chi connectivity index (χ1) is 8.83. The molecule has 2 heterocycles. The van der Waals surface area contributed by atoms with E-state index in [9.17, 15) is 0 Å². The third-order valence-corrected chi connectivity index (χ3v) is 3.73. The molecular weight excluding hydrogens is 220 g/mol. The van der Waals surface area contributed by atoms with Crippen LogP contribution in [-0.4, -0.2) is 5.01 Å². The van der Waals surface area contributed by atoms with Crippen molar-refractivity contribution in [2.45, 2.75) is 13.0 Å². The number of nitrogens with zero attached hydrogens (tertiary/aromatic N) is 1. The van der Waals surface area contributed by atoms with E-state index in [1.807, 2.05) is 6.08 Å². The molecule has 4 rings (SSSR count). The van der Waals surface area contributed by atoms with Crippen LogP contribution in [0.25, 0.3) is 6.08 Å². The van der Waals surface area contributed by atoms with E-state index in [2.05, 4.69) is 66.1 Å². The maximum atomic E-state index is 3.54. The molecule has 0 saturated heterocycles. The molecule has 0 radical (unpaired) electrons. The van der Waals surface area contributed by atoms with Crippen molar-refractivity contribution in [3.8, 4) is 0 Å².